The molecule has 0 saturated carbocycles. The van der Waals surface area contributed by atoms with Crippen LogP contribution in [0, 0.1) is 0 Å². The van der Waals surface area contributed by atoms with Gasteiger partial charge in [0.1, 0.15) is 11.6 Å². The number of rotatable bonds is 3. The number of fused-ring (bicyclic) bond motifs is 1. The number of halogens is 1. The fourth-order valence-corrected chi connectivity index (χ4v) is 2.89. The number of benzene rings is 1. The Morgan fingerprint density at radius 1 is 1.36 bits per heavy atom. The van der Waals surface area contributed by atoms with Crippen molar-refractivity contribution in [1.82, 2.24) is 4.98 Å². The number of pyridine rings is 1. The molecule has 114 valence electrons. The van der Waals surface area contributed by atoms with Crippen molar-refractivity contribution in [1.29, 1.82) is 0 Å². The summed E-state index contributed by atoms with van der Waals surface area (Å²) in [5, 5.41) is 9.63. The zero-order valence-corrected chi connectivity index (χ0v) is 12.8. The lowest BCUT2D eigenvalue weighted by Crippen LogP contribution is -2.31. The molecule has 1 aromatic carbocycles. The van der Waals surface area contributed by atoms with E-state index >= 15 is 0 Å². The maximum absolute atomic E-state index is 11.0. The van der Waals surface area contributed by atoms with Gasteiger partial charge in [-0.25, -0.2) is 9.78 Å². The highest BCUT2D eigenvalue weighted by Crippen LogP contribution is 2.32. The van der Waals surface area contributed by atoms with Gasteiger partial charge in [0, 0.05) is 13.1 Å². The lowest BCUT2D eigenvalue weighted by Gasteiger charge is -2.30. The van der Waals surface area contributed by atoms with Gasteiger partial charge in [0.2, 0.25) is 0 Å². The van der Waals surface area contributed by atoms with Crippen LogP contribution in [0.15, 0.2) is 30.3 Å². The summed E-state index contributed by atoms with van der Waals surface area (Å²) in [6.45, 7) is 1.42. The Hall–Kier alpha value is -2.27. The minimum Gasteiger partial charge on any atom is -0.495 e. The molecule has 0 radical (unpaired) electrons. The predicted octanol–water partition coefficient (Wildman–Crippen LogP) is 3.00. The Morgan fingerprint density at radius 2 is 2.18 bits per heavy atom. The molecule has 22 heavy (non-hydrogen) atoms. The number of ether oxygens (including phenoxy) is 1. The number of carboxylic acids is 1. The van der Waals surface area contributed by atoms with Crippen molar-refractivity contribution in [3.05, 3.63) is 52.2 Å². The van der Waals surface area contributed by atoms with Crippen molar-refractivity contribution in [2.24, 2.45) is 0 Å². The van der Waals surface area contributed by atoms with Crippen LogP contribution < -0.4 is 9.64 Å². The second-order valence-electron chi connectivity index (χ2n) is 5.11. The Bertz CT molecular complexity index is 733. The molecule has 1 aliphatic rings. The zero-order chi connectivity index (χ0) is 15.7. The molecule has 1 aliphatic heterocycles. The summed E-state index contributed by atoms with van der Waals surface area (Å²) in [7, 11) is 1.60. The van der Waals surface area contributed by atoms with Crippen molar-refractivity contribution in [3.63, 3.8) is 0 Å². The molecular formula is C16H15ClN2O3. The summed E-state index contributed by atoms with van der Waals surface area (Å²) >= 11 is 6.18. The molecule has 1 N–H and O–H groups in total. The van der Waals surface area contributed by atoms with E-state index in [1.165, 1.54) is 11.6 Å². The monoisotopic (exact) mass is 318 g/mol. The molecule has 2 aromatic rings. The normalized spacial score (nSPS) is 13.6. The average molecular weight is 319 g/mol. The molecule has 5 nitrogen and oxygen atoms in total. The van der Waals surface area contributed by atoms with Crippen LogP contribution in [0.4, 0.5) is 5.82 Å². The molecule has 0 atom stereocenters. The molecule has 0 bridgehead atoms. The SMILES string of the molecule is COc1cc2c(cc1Cl)CN(c1cccc(C(=O)O)n1)CC2. The number of aromatic carboxylic acids is 1. The summed E-state index contributed by atoms with van der Waals surface area (Å²) in [6, 6.07) is 8.90. The minimum absolute atomic E-state index is 0.0519. The van der Waals surface area contributed by atoms with E-state index in [2.05, 4.69) is 9.88 Å². The number of hydrogen-bond donors (Lipinski definition) is 1. The van der Waals surface area contributed by atoms with Crippen LogP contribution in [0.3, 0.4) is 0 Å². The largest absolute Gasteiger partial charge is 0.495 e. The van der Waals surface area contributed by atoms with Gasteiger partial charge in [0.25, 0.3) is 0 Å². The molecule has 1 aromatic heterocycles. The Kier molecular flexibility index (Phi) is 3.90. The van der Waals surface area contributed by atoms with Crippen LogP contribution in [0.25, 0.3) is 0 Å². The van der Waals surface area contributed by atoms with Gasteiger partial charge in [-0.1, -0.05) is 17.7 Å². The first kappa shape index (κ1) is 14.7. The van der Waals surface area contributed by atoms with Gasteiger partial charge in [-0.3, -0.25) is 0 Å². The van der Waals surface area contributed by atoms with Crippen molar-refractivity contribution >= 4 is 23.4 Å². The molecule has 0 saturated heterocycles. The van der Waals surface area contributed by atoms with E-state index in [0.717, 1.165) is 18.5 Å². The van der Waals surface area contributed by atoms with Crippen LogP contribution in [-0.4, -0.2) is 29.7 Å². The van der Waals surface area contributed by atoms with Crippen molar-refractivity contribution in [2.45, 2.75) is 13.0 Å². The smallest absolute Gasteiger partial charge is 0.354 e. The van der Waals surface area contributed by atoms with Crippen molar-refractivity contribution in [3.8, 4) is 5.75 Å². The fourth-order valence-electron chi connectivity index (χ4n) is 2.63. The molecule has 0 fully saturated rings. The topological polar surface area (TPSA) is 62.7 Å². The van der Waals surface area contributed by atoms with Gasteiger partial charge in [-0.2, -0.15) is 0 Å². The Balaban J connectivity index is 1.89. The highest BCUT2D eigenvalue weighted by molar-refractivity contribution is 6.32. The number of carboxylic acid groups (broad SMARTS) is 1. The van der Waals surface area contributed by atoms with Crippen molar-refractivity contribution in [2.75, 3.05) is 18.6 Å². The van der Waals surface area contributed by atoms with Gasteiger partial charge < -0.3 is 14.7 Å². The third-order valence-electron chi connectivity index (χ3n) is 3.76. The predicted molar refractivity (Wildman–Crippen MR) is 84.0 cm³/mol. The van der Waals surface area contributed by atoms with Crippen LogP contribution in [0.2, 0.25) is 5.02 Å². The molecule has 6 heteroatoms. The second kappa shape index (κ2) is 5.85. The molecular weight excluding hydrogens is 304 g/mol. The first-order chi connectivity index (χ1) is 10.6. The molecule has 2 heterocycles. The number of nitrogens with zero attached hydrogens (tertiary/aromatic N) is 2. The van der Waals surface area contributed by atoms with Crippen LogP contribution in [0.5, 0.6) is 5.75 Å². The number of hydrogen-bond acceptors (Lipinski definition) is 4. The Morgan fingerprint density at radius 3 is 2.91 bits per heavy atom. The quantitative estimate of drug-likeness (QED) is 0.942. The van der Waals surface area contributed by atoms with Crippen molar-refractivity contribution < 1.29 is 14.6 Å². The van der Waals surface area contributed by atoms with E-state index in [-0.39, 0.29) is 5.69 Å². The summed E-state index contributed by atoms with van der Waals surface area (Å²) in [5.74, 6) is 0.324. The van der Waals surface area contributed by atoms with Gasteiger partial charge >= 0.3 is 5.97 Å². The van der Waals surface area contributed by atoms with Gasteiger partial charge in [0.15, 0.2) is 5.69 Å². The number of aromatic nitrogens is 1. The molecule has 0 spiro atoms. The third kappa shape index (κ3) is 2.72. The standard InChI is InChI=1S/C16H15ClN2O3/c1-22-14-8-10-5-6-19(9-11(10)7-12(14)17)15-4-2-3-13(18-15)16(20)21/h2-4,7-8H,5-6,9H2,1H3,(H,20,21). The summed E-state index contributed by atoms with van der Waals surface area (Å²) < 4.78 is 5.24. The highest BCUT2D eigenvalue weighted by Gasteiger charge is 2.20. The number of carbonyl (C=O) groups is 1. The lowest BCUT2D eigenvalue weighted by molar-refractivity contribution is 0.0690. The summed E-state index contributed by atoms with van der Waals surface area (Å²) in [6.07, 6.45) is 0.835. The second-order valence-corrected chi connectivity index (χ2v) is 5.52. The third-order valence-corrected chi connectivity index (χ3v) is 4.06. The van der Waals surface area contributed by atoms with Gasteiger partial charge in [-0.15, -0.1) is 0 Å². The molecule has 0 unspecified atom stereocenters. The summed E-state index contributed by atoms with van der Waals surface area (Å²) in [4.78, 5) is 17.3. The molecule has 0 amide bonds. The first-order valence-corrected chi connectivity index (χ1v) is 7.27. The minimum atomic E-state index is -1.02. The molecule has 3 rings (SSSR count). The Labute approximate surface area is 133 Å². The van der Waals surface area contributed by atoms with E-state index in [9.17, 15) is 4.79 Å². The average Bonchev–Trinajstić information content (AvgIpc) is 2.53. The maximum atomic E-state index is 11.0. The van der Waals surface area contributed by atoms with Crippen LogP contribution >= 0.6 is 11.6 Å². The lowest BCUT2D eigenvalue weighted by atomic mass is 9.99. The van der Waals surface area contributed by atoms with E-state index < -0.39 is 5.97 Å². The van der Waals surface area contributed by atoms with E-state index in [0.29, 0.717) is 23.1 Å². The summed E-state index contributed by atoms with van der Waals surface area (Å²) in [5.41, 5.74) is 2.36. The zero-order valence-electron chi connectivity index (χ0n) is 12.0. The molecule has 0 aliphatic carbocycles. The fraction of sp³-hybridized carbons (Fsp3) is 0.250. The number of anilines is 1. The van der Waals surface area contributed by atoms with E-state index in [1.807, 2.05) is 18.2 Å². The van der Waals surface area contributed by atoms with Crippen LogP contribution in [-0.2, 0) is 13.0 Å². The van der Waals surface area contributed by atoms with E-state index in [1.54, 1.807) is 13.2 Å². The number of methoxy groups -OCH3 is 1. The van der Waals surface area contributed by atoms with Gasteiger partial charge in [-0.05, 0) is 41.8 Å². The first-order valence-electron chi connectivity index (χ1n) is 6.89. The highest BCUT2D eigenvalue weighted by atomic mass is 35.5. The maximum Gasteiger partial charge on any atom is 0.354 e. The van der Waals surface area contributed by atoms with Gasteiger partial charge in [0.05, 0.1) is 12.1 Å². The van der Waals surface area contributed by atoms with E-state index in [4.69, 9.17) is 21.4 Å². The van der Waals surface area contributed by atoms with Crippen LogP contribution in [0.1, 0.15) is 21.6 Å².